The van der Waals surface area contributed by atoms with Gasteiger partial charge in [0.15, 0.2) is 5.82 Å². The van der Waals surface area contributed by atoms with Crippen molar-refractivity contribution in [1.82, 2.24) is 9.97 Å². The molecule has 0 fully saturated rings. The first-order valence-corrected chi connectivity index (χ1v) is 16.5. The molecule has 3 heteroatoms. The van der Waals surface area contributed by atoms with Crippen molar-refractivity contribution in [3.05, 3.63) is 157 Å². The van der Waals surface area contributed by atoms with Crippen LogP contribution in [-0.2, 0) is 5.41 Å². The van der Waals surface area contributed by atoms with Crippen LogP contribution in [0, 0.1) is 0 Å². The Bertz CT molecular complexity index is 2750. The molecule has 1 aliphatic rings. The van der Waals surface area contributed by atoms with Gasteiger partial charge in [0, 0.05) is 38.1 Å². The lowest BCUT2D eigenvalue weighted by atomic mass is 9.82. The molecule has 0 amide bonds. The van der Waals surface area contributed by atoms with Crippen molar-refractivity contribution in [3.63, 3.8) is 0 Å². The Morgan fingerprint density at radius 1 is 0.479 bits per heavy atom. The van der Waals surface area contributed by atoms with Crippen molar-refractivity contribution >= 4 is 43.6 Å². The second kappa shape index (κ2) is 9.97. The monoisotopic (exact) mass is 614 g/mol. The molecule has 0 atom stereocenters. The minimum absolute atomic E-state index is 0.0869. The lowest BCUT2D eigenvalue weighted by Crippen LogP contribution is -2.15. The molecule has 0 aliphatic heterocycles. The summed E-state index contributed by atoms with van der Waals surface area (Å²) in [6.07, 6.45) is 0. The largest absolute Gasteiger partial charge is 0.455 e. The third-order valence-corrected chi connectivity index (χ3v) is 10.3. The van der Waals surface area contributed by atoms with E-state index >= 15 is 0 Å². The van der Waals surface area contributed by atoms with E-state index in [0.717, 1.165) is 72.0 Å². The fourth-order valence-corrected chi connectivity index (χ4v) is 7.77. The van der Waals surface area contributed by atoms with Gasteiger partial charge in [0.25, 0.3) is 0 Å². The van der Waals surface area contributed by atoms with Gasteiger partial charge in [-0.1, -0.05) is 129 Å². The van der Waals surface area contributed by atoms with Crippen LogP contribution in [0.5, 0.6) is 0 Å². The zero-order chi connectivity index (χ0) is 32.0. The summed E-state index contributed by atoms with van der Waals surface area (Å²) in [7, 11) is 0. The number of hydrogen-bond acceptors (Lipinski definition) is 3. The van der Waals surface area contributed by atoms with E-state index in [-0.39, 0.29) is 5.41 Å². The Hall–Kier alpha value is -6.06. The topological polar surface area (TPSA) is 38.9 Å². The fraction of sp³-hybridized carbons (Fsp3) is 0.0667. The summed E-state index contributed by atoms with van der Waals surface area (Å²) in [5.74, 6) is 0.742. The Morgan fingerprint density at radius 3 is 2.06 bits per heavy atom. The molecule has 0 saturated carbocycles. The second-order valence-electron chi connectivity index (χ2n) is 13.4. The highest BCUT2D eigenvalue weighted by Crippen LogP contribution is 2.49. The molecule has 2 aromatic heterocycles. The van der Waals surface area contributed by atoms with Gasteiger partial charge in [-0.2, -0.15) is 0 Å². The van der Waals surface area contributed by atoms with Crippen LogP contribution in [0.1, 0.15) is 25.0 Å². The van der Waals surface area contributed by atoms with Gasteiger partial charge in [-0.05, 0) is 69.1 Å². The number of fused-ring (bicyclic) bond motifs is 9. The van der Waals surface area contributed by atoms with E-state index in [1.165, 1.54) is 27.6 Å². The fourth-order valence-electron chi connectivity index (χ4n) is 7.77. The van der Waals surface area contributed by atoms with Crippen LogP contribution in [0.2, 0.25) is 0 Å². The van der Waals surface area contributed by atoms with Gasteiger partial charge in [-0.3, -0.25) is 0 Å². The first-order chi connectivity index (χ1) is 23.5. The Morgan fingerprint density at radius 2 is 1.17 bits per heavy atom. The van der Waals surface area contributed by atoms with Crippen LogP contribution < -0.4 is 0 Å². The number of benzene rings is 7. The lowest BCUT2D eigenvalue weighted by molar-refractivity contribution is 0.660. The molecule has 0 N–H and O–H groups in total. The van der Waals surface area contributed by atoms with Crippen LogP contribution in [0.25, 0.3) is 88.5 Å². The van der Waals surface area contributed by atoms with Crippen molar-refractivity contribution in [3.8, 4) is 44.9 Å². The summed E-state index contributed by atoms with van der Waals surface area (Å²) < 4.78 is 6.36. The number of hydrogen-bond donors (Lipinski definition) is 0. The predicted octanol–water partition coefficient (Wildman–Crippen LogP) is 12.0. The van der Waals surface area contributed by atoms with E-state index in [1.54, 1.807) is 0 Å². The van der Waals surface area contributed by atoms with E-state index in [2.05, 4.69) is 141 Å². The highest BCUT2D eigenvalue weighted by molar-refractivity contribution is 6.15. The number of para-hydroxylation sites is 2. The van der Waals surface area contributed by atoms with Gasteiger partial charge in [-0.25, -0.2) is 9.97 Å². The van der Waals surface area contributed by atoms with E-state index in [9.17, 15) is 0 Å². The molecule has 0 radical (unpaired) electrons. The summed E-state index contributed by atoms with van der Waals surface area (Å²) in [6, 6.07) is 51.8. The normalized spacial score (nSPS) is 13.4. The first-order valence-electron chi connectivity index (χ1n) is 16.5. The minimum atomic E-state index is -0.0869. The smallest absolute Gasteiger partial charge is 0.160 e. The quantitative estimate of drug-likeness (QED) is 0.199. The molecule has 0 bridgehead atoms. The van der Waals surface area contributed by atoms with E-state index < -0.39 is 0 Å². The van der Waals surface area contributed by atoms with Crippen molar-refractivity contribution in [2.45, 2.75) is 19.3 Å². The predicted molar refractivity (Wildman–Crippen MR) is 198 cm³/mol. The van der Waals surface area contributed by atoms with Crippen LogP contribution in [-0.4, -0.2) is 9.97 Å². The Balaban J connectivity index is 1.06. The Labute approximate surface area is 278 Å². The summed E-state index contributed by atoms with van der Waals surface area (Å²) in [4.78, 5) is 10.3. The molecule has 9 aromatic rings. The second-order valence-corrected chi connectivity index (χ2v) is 13.4. The maximum atomic E-state index is 6.36. The maximum Gasteiger partial charge on any atom is 0.160 e. The van der Waals surface area contributed by atoms with Gasteiger partial charge in [-0.15, -0.1) is 0 Å². The first kappa shape index (κ1) is 27.1. The molecule has 0 spiro atoms. The molecule has 0 unspecified atom stereocenters. The zero-order valence-corrected chi connectivity index (χ0v) is 26.7. The molecule has 48 heavy (non-hydrogen) atoms. The van der Waals surface area contributed by atoms with Crippen molar-refractivity contribution < 1.29 is 4.42 Å². The molecule has 7 aromatic carbocycles. The molecule has 1 aliphatic carbocycles. The average Bonchev–Trinajstić information content (AvgIpc) is 3.63. The van der Waals surface area contributed by atoms with Crippen LogP contribution in [0.15, 0.2) is 150 Å². The number of aromatic nitrogens is 2. The minimum Gasteiger partial charge on any atom is -0.455 e. The summed E-state index contributed by atoms with van der Waals surface area (Å²) in [5.41, 5.74) is 13.3. The third kappa shape index (κ3) is 3.94. The third-order valence-electron chi connectivity index (χ3n) is 10.3. The highest BCUT2D eigenvalue weighted by atomic mass is 16.3. The van der Waals surface area contributed by atoms with E-state index in [4.69, 9.17) is 14.4 Å². The number of rotatable bonds is 3. The lowest BCUT2D eigenvalue weighted by Gasteiger charge is -2.21. The average molecular weight is 615 g/mol. The number of nitrogens with zero attached hydrogens (tertiary/aromatic N) is 2. The van der Waals surface area contributed by atoms with Crippen molar-refractivity contribution in [2.75, 3.05) is 0 Å². The summed E-state index contributed by atoms with van der Waals surface area (Å²) in [5, 5.41) is 5.63. The van der Waals surface area contributed by atoms with Gasteiger partial charge in [0.1, 0.15) is 11.2 Å². The van der Waals surface area contributed by atoms with Crippen LogP contribution in [0.3, 0.4) is 0 Å². The van der Waals surface area contributed by atoms with Crippen LogP contribution in [0.4, 0.5) is 0 Å². The molecular weight excluding hydrogens is 585 g/mol. The molecule has 10 rings (SSSR count). The van der Waals surface area contributed by atoms with Gasteiger partial charge >= 0.3 is 0 Å². The van der Waals surface area contributed by atoms with Gasteiger partial charge < -0.3 is 4.42 Å². The van der Waals surface area contributed by atoms with Crippen molar-refractivity contribution in [1.29, 1.82) is 0 Å². The Kier molecular flexibility index (Phi) is 5.63. The van der Waals surface area contributed by atoms with E-state index in [1.807, 2.05) is 18.2 Å². The molecule has 2 heterocycles. The van der Waals surface area contributed by atoms with Crippen LogP contribution >= 0.6 is 0 Å². The molecule has 3 nitrogen and oxygen atoms in total. The maximum absolute atomic E-state index is 6.36. The van der Waals surface area contributed by atoms with E-state index in [0.29, 0.717) is 0 Å². The molecule has 0 saturated heterocycles. The number of furan rings is 1. The SMILES string of the molecule is CC1(C)c2ccccc2-c2ccc(-c3nc(-c4ccc(-c5ccc6ccc7c8ccccc8oc7c6c5)cc4)c4ccccc4n3)cc21. The summed E-state index contributed by atoms with van der Waals surface area (Å²) >= 11 is 0. The van der Waals surface area contributed by atoms with Gasteiger partial charge in [0.2, 0.25) is 0 Å². The standard InChI is InChI=1S/C45H30N2O/c1-45(2)38-12-6-3-9-32(38)33-23-22-31(26-39(33)45)44-46-40-13-7-4-11-36(40)42(47-44)29-18-15-27(16-19-29)30-20-17-28-21-24-35-34-10-5-8-14-41(34)48-43(35)37(28)25-30/h3-26H,1-2H3. The highest BCUT2D eigenvalue weighted by Gasteiger charge is 2.35. The van der Waals surface area contributed by atoms with Crippen molar-refractivity contribution in [2.24, 2.45) is 0 Å². The molecular formula is C45H30N2O. The molecule has 226 valence electrons. The zero-order valence-electron chi connectivity index (χ0n) is 26.7. The van der Waals surface area contributed by atoms with Gasteiger partial charge in [0.05, 0.1) is 11.2 Å². The summed E-state index contributed by atoms with van der Waals surface area (Å²) in [6.45, 7) is 4.62.